The van der Waals surface area contributed by atoms with Gasteiger partial charge in [-0.3, -0.25) is 9.59 Å². The van der Waals surface area contributed by atoms with Gasteiger partial charge in [-0.25, -0.2) is 0 Å². The molecule has 0 aromatic heterocycles. The van der Waals surface area contributed by atoms with Crippen molar-refractivity contribution in [2.45, 2.75) is 82.8 Å². The number of hydrogen-bond donors (Lipinski definition) is 2. The first-order valence-corrected chi connectivity index (χ1v) is 12.4. The Morgan fingerprint density at radius 2 is 1.45 bits per heavy atom. The van der Waals surface area contributed by atoms with Gasteiger partial charge >= 0.3 is 6.18 Å². The van der Waals surface area contributed by atoms with Crippen LogP contribution >= 0.6 is 0 Å². The Hall–Kier alpha value is -2.25. The molecule has 1 heterocycles. The third kappa shape index (κ3) is 6.01. The number of carbonyl (C=O) groups is 2. The number of piperidine rings is 1. The second-order valence-electron chi connectivity index (χ2n) is 9.81. The van der Waals surface area contributed by atoms with Crippen molar-refractivity contribution in [3.05, 3.63) is 23.8 Å². The summed E-state index contributed by atoms with van der Waals surface area (Å²) in [5, 5.41) is 5.97. The molecule has 182 valence electrons. The summed E-state index contributed by atoms with van der Waals surface area (Å²) in [7, 11) is 0. The molecule has 2 amide bonds. The van der Waals surface area contributed by atoms with E-state index in [0.717, 1.165) is 83.0 Å². The molecule has 0 bridgehead atoms. The topological polar surface area (TPSA) is 61.4 Å². The number of hydrogen-bond acceptors (Lipinski definition) is 3. The molecule has 8 heteroatoms. The fourth-order valence-corrected chi connectivity index (χ4v) is 5.46. The van der Waals surface area contributed by atoms with E-state index in [9.17, 15) is 22.8 Å². The molecule has 0 radical (unpaired) electrons. The average molecular weight is 466 g/mol. The molecule has 2 saturated carbocycles. The standard InChI is InChI=1S/C25H34F3N3O2/c26-25(27,28)19-10-13-22(31-14-4-1-5-15-31)21(16-19)30-24(33)18-8-11-20(12-9-18)29-23(32)17-6-2-3-7-17/h10,13,16-18,20H,1-9,11-12,14-15H2,(H,29,32)(H,30,33). The monoisotopic (exact) mass is 465 g/mol. The molecular formula is C25H34F3N3O2. The maximum atomic E-state index is 13.3. The number of benzene rings is 1. The van der Waals surface area contributed by atoms with Crippen molar-refractivity contribution in [1.82, 2.24) is 5.32 Å². The molecule has 1 aliphatic heterocycles. The zero-order valence-electron chi connectivity index (χ0n) is 19.1. The first-order chi connectivity index (χ1) is 15.8. The molecular weight excluding hydrogens is 431 g/mol. The van der Waals surface area contributed by atoms with Crippen LogP contribution in [0.25, 0.3) is 0 Å². The second-order valence-corrected chi connectivity index (χ2v) is 9.81. The highest BCUT2D eigenvalue weighted by Gasteiger charge is 2.33. The summed E-state index contributed by atoms with van der Waals surface area (Å²) in [6.07, 6.45) is 5.46. The quantitative estimate of drug-likeness (QED) is 0.604. The summed E-state index contributed by atoms with van der Waals surface area (Å²) in [6.45, 7) is 1.56. The van der Waals surface area contributed by atoms with E-state index < -0.39 is 11.7 Å². The minimum Gasteiger partial charge on any atom is -0.370 e. The van der Waals surface area contributed by atoms with E-state index >= 15 is 0 Å². The molecule has 5 nitrogen and oxygen atoms in total. The number of nitrogens with zero attached hydrogens (tertiary/aromatic N) is 1. The van der Waals surface area contributed by atoms with Crippen LogP contribution < -0.4 is 15.5 Å². The number of anilines is 2. The second kappa shape index (κ2) is 10.3. The van der Waals surface area contributed by atoms with Crippen LogP contribution in [0.5, 0.6) is 0 Å². The minimum absolute atomic E-state index is 0.0830. The van der Waals surface area contributed by atoms with Gasteiger partial charge in [0.05, 0.1) is 16.9 Å². The highest BCUT2D eigenvalue weighted by molar-refractivity contribution is 5.96. The van der Waals surface area contributed by atoms with Gasteiger partial charge in [-0.1, -0.05) is 12.8 Å². The van der Waals surface area contributed by atoms with Crippen LogP contribution in [0.15, 0.2) is 18.2 Å². The smallest absolute Gasteiger partial charge is 0.370 e. The summed E-state index contributed by atoms with van der Waals surface area (Å²) in [6, 6.07) is 3.73. The highest BCUT2D eigenvalue weighted by Crippen LogP contribution is 2.37. The average Bonchev–Trinajstić information content (AvgIpc) is 3.35. The first kappa shape index (κ1) is 23.9. The van der Waals surface area contributed by atoms with E-state index in [0.29, 0.717) is 18.5 Å². The predicted octanol–water partition coefficient (Wildman–Crippen LogP) is 5.50. The fraction of sp³-hybridized carbons (Fsp3) is 0.680. The number of rotatable bonds is 5. The molecule has 1 aromatic carbocycles. The number of alkyl halides is 3. The van der Waals surface area contributed by atoms with Crippen molar-refractivity contribution >= 4 is 23.2 Å². The van der Waals surface area contributed by atoms with E-state index in [1.807, 2.05) is 0 Å². The molecule has 0 unspecified atom stereocenters. The van der Waals surface area contributed by atoms with Crippen LogP contribution in [0.4, 0.5) is 24.5 Å². The largest absolute Gasteiger partial charge is 0.416 e. The first-order valence-electron chi connectivity index (χ1n) is 12.4. The summed E-state index contributed by atoms with van der Waals surface area (Å²) in [5.74, 6) is -0.225. The van der Waals surface area contributed by atoms with E-state index in [1.165, 1.54) is 6.07 Å². The Labute approximate surface area is 193 Å². The lowest BCUT2D eigenvalue weighted by Crippen LogP contribution is -2.41. The lowest BCUT2D eigenvalue weighted by molar-refractivity contribution is -0.137. The zero-order chi connectivity index (χ0) is 23.4. The van der Waals surface area contributed by atoms with Gasteiger partial charge in [-0.15, -0.1) is 0 Å². The normalized spacial score (nSPS) is 24.5. The Morgan fingerprint density at radius 1 is 0.818 bits per heavy atom. The Morgan fingerprint density at radius 3 is 2.09 bits per heavy atom. The molecule has 3 aliphatic rings. The third-order valence-corrected chi connectivity index (χ3v) is 7.45. The van der Waals surface area contributed by atoms with Gasteiger partial charge in [0.2, 0.25) is 11.8 Å². The molecule has 1 saturated heterocycles. The summed E-state index contributed by atoms with van der Waals surface area (Å²) in [5.41, 5.74) is 0.152. The fourth-order valence-electron chi connectivity index (χ4n) is 5.46. The molecule has 0 spiro atoms. The van der Waals surface area contributed by atoms with Crippen LogP contribution in [0.3, 0.4) is 0 Å². The van der Waals surface area contributed by atoms with Crippen LogP contribution in [0, 0.1) is 11.8 Å². The number of nitrogens with one attached hydrogen (secondary N) is 2. The Bertz CT molecular complexity index is 838. The minimum atomic E-state index is -4.46. The maximum Gasteiger partial charge on any atom is 0.416 e. The van der Waals surface area contributed by atoms with Gasteiger partial charge in [0.1, 0.15) is 0 Å². The maximum absolute atomic E-state index is 13.3. The van der Waals surface area contributed by atoms with Gasteiger partial charge in [-0.2, -0.15) is 13.2 Å². The van der Waals surface area contributed by atoms with Crippen LogP contribution in [0.2, 0.25) is 0 Å². The van der Waals surface area contributed by atoms with E-state index in [-0.39, 0.29) is 35.4 Å². The van der Waals surface area contributed by atoms with Crippen molar-refractivity contribution in [2.24, 2.45) is 11.8 Å². The zero-order valence-corrected chi connectivity index (χ0v) is 19.1. The van der Waals surface area contributed by atoms with Gasteiger partial charge < -0.3 is 15.5 Å². The summed E-state index contributed by atoms with van der Waals surface area (Å²) in [4.78, 5) is 27.5. The molecule has 33 heavy (non-hydrogen) atoms. The van der Waals surface area contributed by atoms with Crippen molar-refractivity contribution in [1.29, 1.82) is 0 Å². The summed E-state index contributed by atoms with van der Waals surface area (Å²) < 4.78 is 40.0. The van der Waals surface area contributed by atoms with Crippen molar-refractivity contribution in [2.75, 3.05) is 23.3 Å². The SMILES string of the molecule is O=C(Nc1cc(C(F)(F)F)ccc1N1CCCCC1)C1CCC(NC(=O)C2CCCC2)CC1. The molecule has 2 N–H and O–H groups in total. The molecule has 1 aromatic rings. The number of carbonyl (C=O) groups excluding carboxylic acids is 2. The Balaban J connectivity index is 1.38. The van der Waals surface area contributed by atoms with Crippen molar-refractivity contribution in [3.63, 3.8) is 0 Å². The van der Waals surface area contributed by atoms with Crippen molar-refractivity contribution < 1.29 is 22.8 Å². The number of halogens is 3. The highest BCUT2D eigenvalue weighted by atomic mass is 19.4. The van der Waals surface area contributed by atoms with E-state index in [4.69, 9.17) is 0 Å². The van der Waals surface area contributed by atoms with E-state index in [2.05, 4.69) is 15.5 Å². The lowest BCUT2D eigenvalue weighted by atomic mass is 9.85. The van der Waals surface area contributed by atoms with Crippen molar-refractivity contribution in [3.8, 4) is 0 Å². The molecule has 4 rings (SSSR count). The molecule has 3 fully saturated rings. The van der Waals surface area contributed by atoms with Crippen LogP contribution in [0.1, 0.15) is 76.2 Å². The Kier molecular flexibility index (Phi) is 7.49. The third-order valence-electron chi connectivity index (χ3n) is 7.45. The molecule has 2 aliphatic carbocycles. The van der Waals surface area contributed by atoms with E-state index in [1.54, 1.807) is 0 Å². The van der Waals surface area contributed by atoms with Gasteiger partial charge in [0.15, 0.2) is 0 Å². The molecule has 0 atom stereocenters. The van der Waals surface area contributed by atoms with Gasteiger partial charge in [0.25, 0.3) is 0 Å². The summed E-state index contributed by atoms with van der Waals surface area (Å²) >= 11 is 0. The van der Waals surface area contributed by atoms with Crippen LogP contribution in [-0.2, 0) is 15.8 Å². The number of amides is 2. The van der Waals surface area contributed by atoms with Gasteiger partial charge in [-0.05, 0) is 76.0 Å². The van der Waals surface area contributed by atoms with Gasteiger partial charge in [0, 0.05) is 31.0 Å². The van der Waals surface area contributed by atoms with Crippen LogP contribution in [-0.4, -0.2) is 30.9 Å². The lowest BCUT2D eigenvalue weighted by Gasteiger charge is -2.32. The predicted molar refractivity (Wildman–Crippen MR) is 122 cm³/mol.